The van der Waals surface area contributed by atoms with E-state index in [2.05, 4.69) is 66.5 Å². The lowest BCUT2D eigenvalue weighted by molar-refractivity contribution is -0.285. The Labute approximate surface area is 205 Å². The van der Waals surface area contributed by atoms with Gasteiger partial charge in [-0.3, -0.25) is 4.84 Å². The maximum atomic E-state index is 6.49. The molecule has 1 saturated heterocycles. The normalized spacial score (nSPS) is 20.4. The van der Waals surface area contributed by atoms with Gasteiger partial charge in [0.25, 0.3) is 0 Å². The lowest BCUT2D eigenvalue weighted by Crippen LogP contribution is -2.68. The second kappa shape index (κ2) is 12.7. The van der Waals surface area contributed by atoms with Crippen LogP contribution < -0.4 is 4.90 Å². The third-order valence-corrected chi connectivity index (χ3v) is 6.93. The van der Waals surface area contributed by atoms with Crippen molar-refractivity contribution in [1.82, 2.24) is 20.0 Å². The number of piperidine rings is 1. The third-order valence-electron chi connectivity index (χ3n) is 6.59. The molecule has 0 saturated carbocycles. The predicted octanol–water partition coefficient (Wildman–Crippen LogP) is 7.10. The van der Waals surface area contributed by atoms with Crippen molar-refractivity contribution >= 4 is 29.2 Å². The van der Waals surface area contributed by atoms with E-state index in [1.54, 1.807) is 0 Å². The monoisotopic (exact) mass is 487 g/mol. The molecule has 0 amide bonds. The molecular weight excluding hydrogens is 445 g/mol. The molecule has 1 fully saturated rings. The summed E-state index contributed by atoms with van der Waals surface area (Å²) in [6.45, 7) is 15.1. The van der Waals surface area contributed by atoms with Crippen LogP contribution in [0.4, 0.5) is 5.95 Å². The zero-order valence-corrected chi connectivity index (χ0v) is 22.5. The molecule has 32 heavy (non-hydrogen) atoms. The number of hydroxylamine groups is 2. The summed E-state index contributed by atoms with van der Waals surface area (Å²) < 4.78 is 0. The number of rotatable bonds is 13. The molecule has 0 spiro atoms. The first-order chi connectivity index (χ1) is 15.1. The van der Waals surface area contributed by atoms with Crippen LogP contribution in [0.1, 0.15) is 106 Å². The van der Waals surface area contributed by atoms with Crippen LogP contribution in [-0.2, 0) is 4.84 Å². The molecule has 1 aliphatic heterocycles. The highest BCUT2D eigenvalue weighted by molar-refractivity contribution is 6.31. The maximum absolute atomic E-state index is 6.49. The number of hydrogen-bond donors (Lipinski definition) is 0. The van der Waals surface area contributed by atoms with Gasteiger partial charge < -0.3 is 4.90 Å². The summed E-state index contributed by atoms with van der Waals surface area (Å²) in [5.74, 6) is 0.553. The molecule has 8 heteroatoms. The molecule has 184 valence electrons. The molecule has 1 unspecified atom stereocenters. The standard InChI is InChI=1S/C24H43Cl2N5O/c1-7-9-11-12-13-14-18-32-31-23(3,4)16-15-19(24(31,5)6)30(17-10-8-2)22-28-20(25)27-21(26)29-22/h19H,7-18H2,1-6H3. The van der Waals surface area contributed by atoms with Crippen LogP contribution in [0.25, 0.3) is 0 Å². The van der Waals surface area contributed by atoms with Crippen LogP contribution in [0.2, 0.25) is 10.6 Å². The second-order valence-electron chi connectivity index (χ2n) is 10.1. The van der Waals surface area contributed by atoms with Crippen LogP contribution in [-0.4, -0.2) is 50.3 Å². The van der Waals surface area contributed by atoms with Gasteiger partial charge in [0.05, 0.1) is 18.2 Å². The number of aromatic nitrogens is 3. The molecule has 0 bridgehead atoms. The molecule has 2 rings (SSSR count). The molecule has 1 aliphatic rings. The number of halogens is 2. The van der Waals surface area contributed by atoms with Gasteiger partial charge in [-0.15, -0.1) is 0 Å². The first kappa shape index (κ1) is 27.6. The Morgan fingerprint density at radius 3 is 2.12 bits per heavy atom. The minimum Gasteiger partial charge on any atom is -0.336 e. The Balaban J connectivity index is 2.18. The minimum atomic E-state index is -0.247. The zero-order valence-electron chi connectivity index (χ0n) is 21.0. The molecule has 0 radical (unpaired) electrons. The molecule has 1 aromatic heterocycles. The van der Waals surface area contributed by atoms with Crippen LogP contribution in [0, 0.1) is 0 Å². The summed E-state index contributed by atoms with van der Waals surface area (Å²) in [5, 5.41) is 2.50. The van der Waals surface area contributed by atoms with Gasteiger partial charge in [-0.25, -0.2) is 0 Å². The van der Waals surface area contributed by atoms with Crippen LogP contribution in [0.3, 0.4) is 0 Å². The van der Waals surface area contributed by atoms with E-state index in [4.69, 9.17) is 28.0 Å². The lowest BCUT2D eigenvalue weighted by atomic mass is 9.77. The Bertz CT molecular complexity index is 681. The molecule has 1 aromatic rings. The van der Waals surface area contributed by atoms with Gasteiger partial charge in [-0.1, -0.05) is 52.4 Å². The van der Waals surface area contributed by atoms with E-state index in [9.17, 15) is 0 Å². The summed E-state index contributed by atoms with van der Waals surface area (Å²) in [6.07, 6.45) is 11.7. The van der Waals surface area contributed by atoms with Gasteiger partial charge in [-0.05, 0) is 76.6 Å². The molecular formula is C24H43Cl2N5O. The Hall–Kier alpha value is -0.690. The topological polar surface area (TPSA) is 54.4 Å². The maximum Gasteiger partial charge on any atom is 0.231 e. The quantitative estimate of drug-likeness (QED) is 0.276. The number of hydrogen-bond acceptors (Lipinski definition) is 6. The van der Waals surface area contributed by atoms with Crippen molar-refractivity contribution in [2.45, 2.75) is 123 Å². The lowest BCUT2D eigenvalue weighted by Gasteiger charge is -2.57. The Morgan fingerprint density at radius 1 is 0.906 bits per heavy atom. The first-order valence-electron chi connectivity index (χ1n) is 12.4. The molecule has 0 N–H and O–H groups in total. The first-order valence-corrected chi connectivity index (χ1v) is 13.2. The highest BCUT2D eigenvalue weighted by Crippen LogP contribution is 2.42. The average molecular weight is 489 g/mol. The van der Waals surface area contributed by atoms with Crippen molar-refractivity contribution in [3.05, 3.63) is 10.6 Å². The van der Waals surface area contributed by atoms with Crippen LogP contribution in [0.5, 0.6) is 0 Å². The summed E-state index contributed by atoms with van der Waals surface area (Å²) in [4.78, 5) is 21.5. The second-order valence-corrected chi connectivity index (χ2v) is 10.8. The van der Waals surface area contributed by atoms with Crippen LogP contribution >= 0.6 is 23.2 Å². The zero-order chi connectivity index (χ0) is 23.8. The molecule has 1 atom stereocenters. The Kier molecular flexibility index (Phi) is 10.9. The van der Waals surface area contributed by atoms with E-state index in [0.717, 1.165) is 45.3 Å². The summed E-state index contributed by atoms with van der Waals surface area (Å²) in [5.41, 5.74) is -0.295. The number of anilines is 1. The van der Waals surface area contributed by atoms with E-state index < -0.39 is 0 Å². The number of unbranched alkanes of at least 4 members (excludes halogenated alkanes) is 6. The summed E-state index contributed by atoms with van der Waals surface area (Å²) >= 11 is 12.3. The fourth-order valence-electron chi connectivity index (χ4n) is 4.94. The fourth-order valence-corrected chi connectivity index (χ4v) is 5.30. The van der Waals surface area contributed by atoms with Crippen molar-refractivity contribution in [3.63, 3.8) is 0 Å². The molecule has 2 heterocycles. The molecule has 0 aliphatic carbocycles. The minimum absolute atomic E-state index is 0.0486. The van der Waals surface area contributed by atoms with Gasteiger partial charge in [0, 0.05) is 12.1 Å². The van der Waals surface area contributed by atoms with Gasteiger partial charge in [0.2, 0.25) is 16.5 Å². The Morgan fingerprint density at radius 2 is 1.50 bits per heavy atom. The van der Waals surface area contributed by atoms with E-state index in [1.807, 2.05) is 0 Å². The molecule has 6 nitrogen and oxygen atoms in total. The van der Waals surface area contributed by atoms with E-state index in [0.29, 0.717) is 5.95 Å². The highest BCUT2D eigenvalue weighted by Gasteiger charge is 2.50. The SMILES string of the molecule is CCCCCCCCON1C(C)(C)CCC(N(CCCC)c2nc(Cl)nc(Cl)n2)C1(C)C. The van der Waals surface area contributed by atoms with E-state index >= 15 is 0 Å². The highest BCUT2D eigenvalue weighted by atomic mass is 35.5. The third kappa shape index (κ3) is 7.41. The average Bonchev–Trinajstić information content (AvgIpc) is 2.70. The van der Waals surface area contributed by atoms with Crippen molar-refractivity contribution in [2.24, 2.45) is 0 Å². The van der Waals surface area contributed by atoms with Crippen molar-refractivity contribution in [2.75, 3.05) is 18.1 Å². The van der Waals surface area contributed by atoms with E-state index in [1.165, 1.54) is 32.1 Å². The smallest absolute Gasteiger partial charge is 0.231 e. The number of nitrogens with zero attached hydrogens (tertiary/aromatic N) is 5. The van der Waals surface area contributed by atoms with Gasteiger partial charge in [0.15, 0.2) is 0 Å². The summed E-state index contributed by atoms with van der Waals surface area (Å²) in [6, 6.07) is 0.168. The van der Waals surface area contributed by atoms with Crippen molar-refractivity contribution < 1.29 is 4.84 Å². The van der Waals surface area contributed by atoms with Crippen molar-refractivity contribution in [3.8, 4) is 0 Å². The predicted molar refractivity (Wildman–Crippen MR) is 134 cm³/mol. The van der Waals surface area contributed by atoms with Gasteiger partial charge in [-0.2, -0.15) is 20.0 Å². The fraction of sp³-hybridized carbons (Fsp3) is 0.875. The van der Waals surface area contributed by atoms with Crippen LogP contribution in [0.15, 0.2) is 0 Å². The van der Waals surface area contributed by atoms with Crippen molar-refractivity contribution in [1.29, 1.82) is 0 Å². The van der Waals surface area contributed by atoms with Gasteiger partial charge >= 0.3 is 0 Å². The largest absolute Gasteiger partial charge is 0.336 e. The summed E-state index contributed by atoms with van der Waals surface area (Å²) in [7, 11) is 0. The molecule has 0 aromatic carbocycles. The van der Waals surface area contributed by atoms with Gasteiger partial charge in [0.1, 0.15) is 0 Å². The van der Waals surface area contributed by atoms with E-state index in [-0.39, 0.29) is 27.7 Å².